The molecule has 2 rings (SSSR count). The van der Waals surface area contributed by atoms with Crippen LogP contribution in [0, 0.1) is 6.92 Å². The van der Waals surface area contributed by atoms with Crippen LogP contribution in [0.5, 0.6) is 11.5 Å². The van der Waals surface area contributed by atoms with Gasteiger partial charge in [0.2, 0.25) is 0 Å². The lowest BCUT2D eigenvalue weighted by atomic mass is 10.2. The summed E-state index contributed by atoms with van der Waals surface area (Å²) in [5.41, 5.74) is 7.63. The minimum Gasteiger partial charge on any atom is -0.493 e. The predicted octanol–water partition coefficient (Wildman–Crippen LogP) is 2.70. The van der Waals surface area contributed by atoms with Crippen molar-refractivity contribution in [2.24, 2.45) is 5.73 Å². The van der Waals surface area contributed by atoms with E-state index in [9.17, 15) is 0 Å². The van der Waals surface area contributed by atoms with E-state index in [1.165, 1.54) is 0 Å². The van der Waals surface area contributed by atoms with Gasteiger partial charge in [-0.2, -0.15) is 0 Å². The van der Waals surface area contributed by atoms with Crippen LogP contribution >= 0.6 is 0 Å². The van der Waals surface area contributed by atoms with Gasteiger partial charge in [0.1, 0.15) is 11.5 Å². The van der Waals surface area contributed by atoms with Gasteiger partial charge in [0, 0.05) is 18.7 Å². The van der Waals surface area contributed by atoms with Gasteiger partial charge in [-0.25, -0.2) is 0 Å². The first-order valence-electron chi connectivity index (χ1n) is 6.75. The van der Waals surface area contributed by atoms with Crippen molar-refractivity contribution in [2.75, 3.05) is 13.2 Å². The summed E-state index contributed by atoms with van der Waals surface area (Å²) in [6.45, 7) is 3.75. The van der Waals surface area contributed by atoms with Crippen LogP contribution in [0.4, 0.5) is 0 Å². The zero-order chi connectivity index (χ0) is 14.2. The molecule has 0 atom stereocenters. The van der Waals surface area contributed by atoms with Gasteiger partial charge in [-0.1, -0.05) is 12.1 Å². The van der Waals surface area contributed by atoms with E-state index in [1.54, 1.807) is 6.20 Å². The summed E-state index contributed by atoms with van der Waals surface area (Å²) in [6.07, 6.45) is 2.56. The highest BCUT2D eigenvalue weighted by molar-refractivity contribution is 5.27. The van der Waals surface area contributed by atoms with Crippen LogP contribution in [0.15, 0.2) is 42.6 Å². The monoisotopic (exact) mass is 272 g/mol. The molecule has 0 saturated carbocycles. The first kappa shape index (κ1) is 14.3. The number of benzene rings is 1. The van der Waals surface area contributed by atoms with E-state index in [-0.39, 0.29) is 0 Å². The van der Waals surface area contributed by atoms with Crippen molar-refractivity contribution in [3.8, 4) is 11.5 Å². The Kier molecular flexibility index (Phi) is 5.38. The largest absolute Gasteiger partial charge is 0.493 e. The summed E-state index contributed by atoms with van der Waals surface area (Å²) in [7, 11) is 0. The van der Waals surface area contributed by atoms with E-state index in [2.05, 4.69) is 4.98 Å². The molecule has 0 unspecified atom stereocenters. The highest BCUT2D eigenvalue weighted by Gasteiger charge is 1.97. The van der Waals surface area contributed by atoms with Gasteiger partial charge < -0.3 is 15.2 Å². The average molecular weight is 272 g/mol. The number of hydrogen-bond donors (Lipinski definition) is 1. The van der Waals surface area contributed by atoms with Crippen molar-refractivity contribution in [3.63, 3.8) is 0 Å². The fourth-order valence-electron chi connectivity index (χ4n) is 1.70. The number of rotatable bonds is 7. The molecular formula is C16H20N2O2. The molecule has 1 aromatic heterocycles. The Labute approximate surface area is 119 Å². The molecule has 0 aliphatic carbocycles. The molecule has 20 heavy (non-hydrogen) atoms. The van der Waals surface area contributed by atoms with Crippen molar-refractivity contribution >= 4 is 0 Å². The van der Waals surface area contributed by atoms with Gasteiger partial charge in [-0.3, -0.25) is 4.98 Å². The predicted molar refractivity (Wildman–Crippen MR) is 78.9 cm³/mol. The number of nitrogens with zero attached hydrogens (tertiary/aromatic N) is 1. The molecule has 1 aromatic carbocycles. The van der Waals surface area contributed by atoms with E-state index in [4.69, 9.17) is 15.2 Å². The van der Waals surface area contributed by atoms with Crippen molar-refractivity contribution in [1.82, 2.24) is 4.98 Å². The molecule has 0 saturated heterocycles. The highest BCUT2D eigenvalue weighted by atomic mass is 16.5. The van der Waals surface area contributed by atoms with Gasteiger partial charge in [0.15, 0.2) is 0 Å². The molecule has 0 aliphatic heterocycles. The molecule has 4 heteroatoms. The molecule has 0 aliphatic rings. The second kappa shape index (κ2) is 7.50. The molecule has 0 radical (unpaired) electrons. The van der Waals surface area contributed by atoms with E-state index in [0.717, 1.165) is 29.2 Å². The normalized spacial score (nSPS) is 10.3. The SMILES string of the molecule is Cc1ccc(OCCCOc2ccc(CN)cc2)cn1. The number of hydrogen-bond acceptors (Lipinski definition) is 4. The van der Waals surface area contributed by atoms with Gasteiger partial charge in [0.25, 0.3) is 0 Å². The lowest BCUT2D eigenvalue weighted by Gasteiger charge is -2.08. The second-order valence-corrected chi connectivity index (χ2v) is 4.53. The minimum absolute atomic E-state index is 0.554. The maximum absolute atomic E-state index is 5.63. The molecule has 0 bridgehead atoms. The molecule has 1 heterocycles. The van der Waals surface area contributed by atoms with Crippen molar-refractivity contribution < 1.29 is 9.47 Å². The Bertz CT molecular complexity index is 509. The third-order valence-corrected chi connectivity index (χ3v) is 2.87. The Morgan fingerprint density at radius 1 is 0.950 bits per heavy atom. The molecular weight excluding hydrogens is 252 g/mol. The van der Waals surface area contributed by atoms with Crippen molar-refractivity contribution in [2.45, 2.75) is 19.9 Å². The third kappa shape index (κ3) is 4.55. The summed E-state index contributed by atoms with van der Waals surface area (Å²) in [5.74, 6) is 1.65. The first-order chi connectivity index (χ1) is 9.78. The zero-order valence-electron chi connectivity index (χ0n) is 11.7. The van der Waals surface area contributed by atoms with E-state index < -0.39 is 0 Å². The standard InChI is InChI=1S/C16H20N2O2/c1-13-3-6-16(12-18-13)20-10-2-9-19-15-7-4-14(11-17)5-8-15/h3-8,12H,2,9-11,17H2,1H3. The molecule has 2 aromatic rings. The second-order valence-electron chi connectivity index (χ2n) is 4.53. The molecule has 106 valence electrons. The van der Waals surface area contributed by atoms with Crippen LogP contribution in [-0.4, -0.2) is 18.2 Å². The van der Waals surface area contributed by atoms with Gasteiger partial charge >= 0.3 is 0 Å². The first-order valence-corrected chi connectivity index (χ1v) is 6.75. The Balaban J connectivity index is 1.64. The van der Waals surface area contributed by atoms with E-state index in [1.807, 2.05) is 43.3 Å². The fraction of sp³-hybridized carbons (Fsp3) is 0.312. The molecule has 0 spiro atoms. The van der Waals surface area contributed by atoms with Crippen molar-refractivity contribution in [1.29, 1.82) is 0 Å². The summed E-state index contributed by atoms with van der Waals surface area (Å²) in [5, 5.41) is 0. The number of aromatic nitrogens is 1. The lowest BCUT2D eigenvalue weighted by Crippen LogP contribution is -2.05. The Morgan fingerprint density at radius 3 is 2.20 bits per heavy atom. The minimum atomic E-state index is 0.554. The van der Waals surface area contributed by atoms with Crippen LogP contribution < -0.4 is 15.2 Å². The third-order valence-electron chi connectivity index (χ3n) is 2.87. The number of pyridine rings is 1. The zero-order valence-corrected chi connectivity index (χ0v) is 11.7. The maximum atomic E-state index is 5.63. The number of nitrogens with two attached hydrogens (primary N) is 1. The summed E-state index contributed by atoms with van der Waals surface area (Å²) in [6, 6.07) is 11.7. The summed E-state index contributed by atoms with van der Waals surface area (Å²) >= 11 is 0. The van der Waals surface area contributed by atoms with Gasteiger partial charge in [-0.05, 0) is 36.8 Å². The van der Waals surface area contributed by atoms with Gasteiger partial charge in [0.05, 0.1) is 19.4 Å². The van der Waals surface area contributed by atoms with Crippen LogP contribution in [-0.2, 0) is 6.54 Å². The van der Waals surface area contributed by atoms with Crippen LogP contribution in [0.1, 0.15) is 17.7 Å². The molecule has 2 N–H and O–H groups in total. The topological polar surface area (TPSA) is 57.4 Å². The Morgan fingerprint density at radius 2 is 1.60 bits per heavy atom. The average Bonchev–Trinajstić information content (AvgIpc) is 2.49. The molecule has 4 nitrogen and oxygen atoms in total. The van der Waals surface area contributed by atoms with Crippen molar-refractivity contribution in [3.05, 3.63) is 53.9 Å². The van der Waals surface area contributed by atoms with E-state index >= 15 is 0 Å². The summed E-state index contributed by atoms with van der Waals surface area (Å²) < 4.78 is 11.2. The summed E-state index contributed by atoms with van der Waals surface area (Å²) in [4.78, 5) is 4.18. The maximum Gasteiger partial charge on any atom is 0.137 e. The van der Waals surface area contributed by atoms with Crippen LogP contribution in [0.3, 0.4) is 0 Å². The van der Waals surface area contributed by atoms with Crippen LogP contribution in [0.25, 0.3) is 0 Å². The quantitative estimate of drug-likeness (QED) is 0.787. The fourth-order valence-corrected chi connectivity index (χ4v) is 1.70. The van der Waals surface area contributed by atoms with Gasteiger partial charge in [-0.15, -0.1) is 0 Å². The highest BCUT2D eigenvalue weighted by Crippen LogP contribution is 2.12. The lowest BCUT2D eigenvalue weighted by molar-refractivity contribution is 0.247. The molecule has 0 fully saturated rings. The molecule has 0 amide bonds. The number of ether oxygens (including phenoxy) is 2. The Hall–Kier alpha value is -2.07. The smallest absolute Gasteiger partial charge is 0.137 e. The number of aryl methyl sites for hydroxylation is 1. The van der Waals surface area contributed by atoms with E-state index in [0.29, 0.717) is 19.8 Å². The van der Waals surface area contributed by atoms with Crippen LogP contribution in [0.2, 0.25) is 0 Å².